The molecular formula is C15H20N4O2. The number of aryl methyl sites for hydroxylation is 1. The SMILES string of the molecule is Cc1[nH]nc2ncc(C(=O)N3CC(C)OC(C)(C)C3)cc12. The molecule has 3 rings (SSSR count). The number of fused-ring (bicyclic) bond motifs is 1. The molecule has 0 aliphatic carbocycles. The molecule has 6 heteroatoms. The van der Waals surface area contributed by atoms with Crippen LogP contribution in [0.1, 0.15) is 36.8 Å². The van der Waals surface area contributed by atoms with Gasteiger partial charge in [-0.3, -0.25) is 9.89 Å². The van der Waals surface area contributed by atoms with Gasteiger partial charge in [-0.05, 0) is 33.8 Å². The molecule has 0 saturated carbocycles. The maximum absolute atomic E-state index is 12.7. The topological polar surface area (TPSA) is 71.1 Å². The average Bonchev–Trinajstić information content (AvgIpc) is 2.77. The van der Waals surface area contributed by atoms with Crippen molar-refractivity contribution in [2.24, 2.45) is 0 Å². The van der Waals surface area contributed by atoms with Gasteiger partial charge in [0.1, 0.15) is 0 Å². The minimum Gasteiger partial charge on any atom is -0.369 e. The van der Waals surface area contributed by atoms with Gasteiger partial charge >= 0.3 is 0 Å². The van der Waals surface area contributed by atoms with E-state index in [4.69, 9.17) is 4.74 Å². The molecule has 6 nitrogen and oxygen atoms in total. The summed E-state index contributed by atoms with van der Waals surface area (Å²) in [5.74, 6) is -0.00627. The van der Waals surface area contributed by atoms with E-state index >= 15 is 0 Å². The third-order valence-corrected chi connectivity index (χ3v) is 3.70. The molecule has 1 atom stereocenters. The maximum atomic E-state index is 12.7. The molecular weight excluding hydrogens is 268 g/mol. The number of carbonyl (C=O) groups is 1. The molecule has 1 aliphatic heterocycles. The first kappa shape index (κ1) is 14.0. The van der Waals surface area contributed by atoms with E-state index < -0.39 is 0 Å². The number of rotatable bonds is 1. The maximum Gasteiger partial charge on any atom is 0.255 e. The summed E-state index contributed by atoms with van der Waals surface area (Å²) >= 11 is 0. The summed E-state index contributed by atoms with van der Waals surface area (Å²) in [5.41, 5.74) is 1.83. The van der Waals surface area contributed by atoms with Gasteiger partial charge in [-0.15, -0.1) is 0 Å². The molecule has 21 heavy (non-hydrogen) atoms. The predicted molar refractivity (Wildman–Crippen MR) is 79.2 cm³/mol. The number of nitrogens with one attached hydrogen (secondary N) is 1. The van der Waals surface area contributed by atoms with Crippen LogP contribution in [0.25, 0.3) is 11.0 Å². The summed E-state index contributed by atoms with van der Waals surface area (Å²) in [6, 6.07) is 1.86. The van der Waals surface area contributed by atoms with Crippen LogP contribution < -0.4 is 0 Å². The molecule has 0 spiro atoms. The minimum atomic E-state index is -0.323. The summed E-state index contributed by atoms with van der Waals surface area (Å²) in [6.45, 7) is 9.10. The van der Waals surface area contributed by atoms with E-state index in [9.17, 15) is 4.79 Å². The molecule has 1 N–H and O–H groups in total. The first-order chi connectivity index (χ1) is 9.85. The standard InChI is InChI=1S/C15H20N4O2/c1-9-7-19(8-15(3,4)21-9)14(20)11-5-12-10(2)17-18-13(12)16-6-11/h5-6,9H,7-8H2,1-4H3,(H,16,17,18). The van der Waals surface area contributed by atoms with Crippen LogP contribution in [-0.4, -0.2) is 50.8 Å². The zero-order valence-corrected chi connectivity index (χ0v) is 12.8. The third-order valence-electron chi connectivity index (χ3n) is 3.70. The number of H-pyrrole nitrogens is 1. The van der Waals surface area contributed by atoms with Crippen LogP contribution in [0.5, 0.6) is 0 Å². The number of ether oxygens (including phenoxy) is 1. The second-order valence-corrected chi connectivity index (χ2v) is 6.32. The fourth-order valence-electron chi connectivity index (χ4n) is 2.93. The summed E-state index contributed by atoms with van der Waals surface area (Å²) in [7, 11) is 0. The molecule has 112 valence electrons. The Kier molecular flexibility index (Phi) is 3.20. The first-order valence-corrected chi connectivity index (χ1v) is 7.13. The Labute approximate surface area is 123 Å². The van der Waals surface area contributed by atoms with Crippen LogP contribution in [0.3, 0.4) is 0 Å². The zero-order chi connectivity index (χ0) is 15.2. The van der Waals surface area contributed by atoms with Crippen molar-refractivity contribution >= 4 is 16.9 Å². The molecule has 2 aromatic rings. The van der Waals surface area contributed by atoms with Gasteiger partial charge in [0.25, 0.3) is 5.91 Å². The highest BCUT2D eigenvalue weighted by molar-refractivity contribution is 5.97. The largest absolute Gasteiger partial charge is 0.369 e. The molecule has 0 aromatic carbocycles. The number of hydrogen-bond acceptors (Lipinski definition) is 4. The van der Waals surface area contributed by atoms with Crippen LogP contribution in [0.4, 0.5) is 0 Å². The Morgan fingerprint density at radius 3 is 3.00 bits per heavy atom. The van der Waals surface area contributed by atoms with Crippen LogP contribution in [0.2, 0.25) is 0 Å². The number of pyridine rings is 1. The monoisotopic (exact) mass is 288 g/mol. The Morgan fingerprint density at radius 2 is 2.29 bits per heavy atom. The summed E-state index contributed by atoms with van der Waals surface area (Å²) in [6.07, 6.45) is 1.63. The molecule has 1 aliphatic rings. The molecule has 0 radical (unpaired) electrons. The fraction of sp³-hybridized carbons (Fsp3) is 0.533. The van der Waals surface area contributed by atoms with E-state index in [2.05, 4.69) is 15.2 Å². The Balaban J connectivity index is 1.90. The highest BCUT2D eigenvalue weighted by Crippen LogP contribution is 2.23. The van der Waals surface area contributed by atoms with Gasteiger partial charge in [0.2, 0.25) is 0 Å². The number of aromatic amines is 1. The van der Waals surface area contributed by atoms with E-state index in [0.717, 1.165) is 11.1 Å². The molecule has 1 fully saturated rings. The molecule has 1 unspecified atom stereocenters. The number of aromatic nitrogens is 3. The second-order valence-electron chi connectivity index (χ2n) is 6.32. The lowest BCUT2D eigenvalue weighted by Gasteiger charge is -2.41. The normalized spacial score (nSPS) is 21.7. The van der Waals surface area contributed by atoms with E-state index in [1.807, 2.05) is 38.7 Å². The smallest absolute Gasteiger partial charge is 0.255 e. The van der Waals surface area contributed by atoms with Crippen molar-refractivity contribution in [3.05, 3.63) is 23.5 Å². The molecule has 1 saturated heterocycles. The number of hydrogen-bond donors (Lipinski definition) is 1. The van der Waals surface area contributed by atoms with Gasteiger partial charge in [0.15, 0.2) is 5.65 Å². The van der Waals surface area contributed by atoms with Crippen molar-refractivity contribution in [3.8, 4) is 0 Å². The van der Waals surface area contributed by atoms with Crippen molar-refractivity contribution in [2.45, 2.75) is 39.4 Å². The van der Waals surface area contributed by atoms with Gasteiger partial charge in [0.05, 0.1) is 17.3 Å². The van der Waals surface area contributed by atoms with Gasteiger partial charge in [-0.25, -0.2) is 4.98 Å². The van der Waals surface area contributed by atoms with E-state index in [1.54, 1.807) is 6.20 Å². The quantitative estimate of drug-likeness (QED) is 0.870. The van der Waals surface area contributed by atoms with Crippen molar-refractivity contribution < 1.29 is 9.53 Å². The Bertz CT molecular complexity index is 692. The van der Waals surface area contributed by atoms with Gasteiger partial charge in [-0.1, -0.05) is 0 Å². The third kappa shape index (κ3) is 2.63. The van der Waals surface area contributed by atoms with Gasteiger partial charge in [-0.2, -0.15) is 5.10 Å². The Hall–Kier alpha value is -1.95. The van der Waals surface area contributed by atoms with E-state index in [1.165, 1.54) is 0 Å². The van der Waals surface area contributed by atoms with Crippen molar-refractivity contribution in [1.82, 2.24) is 20.1 Å². The highest BCUT2D eigenvalue weighted by atomic mass is 16.5. The zero-order valence-electron chi connectivity index (χ0n) is 12.8. The Morgan fingerprint density at radius 1 is 1.52 bits per heavy atom. The van der Waals surface area contributed by atoms with Crippen molar-refractivity contribution in [3.63, 3.8) is 0 Å². The second kappa shape index (κ2) is 4.80. The van der Waals surface area contributed by atoms with Crippen LogP contribution in [0, 0.1) is 6.92 Å². The number of nitrogens with zero attached hydrogens (tertiary/aromatic N) is 3. The van der Waals surface area contributed by atoms with Crippen LogP contribution in [-0.2, 0) is 4.74 Å². The number of carbonyl (C=O) groups excluding carboxylic acids is 1. The lowest BCUT2D eigenvalue weighted by atomic mass is 10.0. The molecule has 0 bridgehead atoms. The first-order valence-electron chi connectivity index (χ1n) is 7.13. The number of amides is 1. The van der Waals surface area contributed by atoms with Gasteiger partial charge < -0.3 is 9.64 Å². The van der Waals surface area contributed by atoms with Gasteiger partial charge in [0, 0.05) is 30.4 Å². The number of morpholine rings is 1. The minimum absolute atomic E-state index is 0.00627. The summed E-state index contributed by atoms with van der Waals surface area (Å²) in [4.78, 5) is 18.8. The van der Waals surface area contributed by atoms with Crippen LogP contribution >= 0.6 is 0 Å². The van der Waals surface area contributed by atoms with Crippen molar-refractivity contribution in [2.75, 3.05) is 13.1 Å². The fourth-order valence-corrected chi connectivity index (χ4v) is 2.93. The van der Waals surface area contributed by atoms with E-state index in [0.29, 0.717) is 24.3 Å². The molecule has 2 aromatic heterocycles. The average molecular weight is 288 g/mol. The molecule has 1 amide bonds. The summed E-state index contributed by atoms with van der Waals surface area (Å²) < 4.78 is 5.84. The van der Waals surface area contributed by atoms with Crippen LogP contribution in [0.15, 0.2) is 12.3 Å². The predicted octanol–water partition coefficient (Wildman–Crippen LogP) is 1.91. The van der Waals surface area contributed by atoms with E-state index in [-0.39, 0.29) is 17.6 Å². The molecule has 3 heterocycles. The highest BCUT2D eigenvalue weighted by Gasteiger charge is 2.34. The van der Waals surface area contributed by atoms with Crippen molar-refractivity contribution in [1.29, 1.82) is 0 Å². The lowest BCUT2D eigenvalue weighted by molar-refractivity contribution is -0.118. The lowest BCUT2D eigenvalue weighted by Crippen LogP contribution is -2.53. The summed E-state index contributed by atoms with van der Waals surface area (Å²) in [5, 5.41) is 7.86.